The zero-order valence-corrected chi connectivity index (χ0v) is 15.7. The van der Waals surface area contributed by atoms with Crippen molar-refractivity contribution in [2.24, 2.45) is 0 Å². The molecule has 5 heteroatoms. The topological polar surface area (TPSA) is 61.4 Å². The summed E-state index contributed by atoms with van der Waals surface area (Å²) in [5, 5.41) is 6.28. The van der Waals surface area contributed by atoms with Gasteiger partial charge >= 0.3 is 0 Å². The molecule has 0 saturated heterocycles. The van der Waals surface area contributed by atoms with Crippen molar-refractivity contribution < 1.29 is 9.59 Å². The van der Waals surface area contributed by atoms with Crippen LogP contribution in [0.2, 0.25) is 0 Å². The number of nitrogens with zero attached hydrogens (tertiary/aromatic N) is 1. The molecule has 0 fully saturated rings. The lowest BCUT2D eigenvalue weighted by atomic mass is 10.1. The number of carbonyl (C=O) groups is 2. The van der Waals surface area contributed by atoms with Crippen LogP contribution in [0.4, 0.5) is 17.1 Å². The Morgan fingerprint density at radius 1 is 1.12 bits per heavy atom. The maximum Gasteiger partial charge on any atom is 0.246 e. The van der Waals surface area contributed by atoms with Crippen LogP contribution in [-0.2, 0) is 16.0 Å². The fourth-order valence-corrected chi connectivity index (χ4v) is 3.38. The first kappa shape index (κ1) is 18.0. The summed E-state index contributed by atoms with van der Waals surface area (Å²) in [6.07, 6.45) is 0.841. The Morgan fingerprint density at radius 2 is 1.81 bits per heavy atom. The second-order valence-electron chi connectivity index (χ2n) is 6.89. The van der Waals surface area contributed by atoms with E-state index in [1.54, 1.807) is 11.8 Å². The quantitative estimate of drug-likeness (QED) is 0.884. The number of carbonyl (C=O) groups excluding carboxylic acids is 2. The molecule has 1 aliphatic rings. The van der Waals surface area contributed by atoms with Crippen molar-refractivity contribution in [2.75, 3.05) is 22.1 Å². The molecule has 1 atom stereocenters. The highest BCUT2D eigenvalue weighted by molar-refractivity contribution is 5.98. The summed E-state index contributed by atoms with van der Waals surface area (Å²) in [6, 6.07) is 11.5. The Balaban J connectivity index is 1.69. The summed E-state index contributed by atoms with van der Waals surface area (Å²) in [5.41, 5.74) is 5.96. The van der Waals surface area contributed by atoms with Crippen molar-refractivity contribution in [3.05, 3.63) is 53.1 Å². The van der Waals surface area contributed by atoms with Gasteiger partial charge in [0.1, 0.15) is 6.04 Å². The Hall–Kier alpha value is -2.82. The number of para-hydroxylation sites is 1. The number of amides is 2. The van der Waals surface area contributed by atoms with E-state index in [0.717, 1.165) is 46.7 Å². The van der Waals surface area contributed by atoms with E-state index in [1.807, 2.05) is 57.2 Å². The van der Waals surface area contributed by atoms with Crippen molar-refractivity contribution in [3.8, 4) is 0 Å². The monoisotopic (exact) mass is 351 g/mol. The number of rotatable bonds is 4. The lowest BCUT2D eigenvalue weighted by molar-refractivity contribution is -0.117. The predicted octanol–water partition coefficient (Wildman–Crippen LogP) is 3.65. The third kappa shape index (κ3) is 3.57. The molecule has 26 heavy (non-hydrogen) atoms. The molecule has 2 amide bonds. The third-order valence-electron chi connectivity index (χ3n) is 4.86. The molecule has 0 spiro atoms. The van der Waals surface area contributed by atoms with E-state index in [1.165, 1.54) is 0 Å². The van der Waals surface area contributed by atoms with Gasteiger partial charge in [0.2, 0.25) is 11.8 Å². The van der Waals surface area contributed by atoms with Crippen LogP contribution in [0.25, 0.3) is 0 Å². The lowest BCUT2D eigenvalue weighted by Crippen LogP contribution is -2.32. The summed E-state index contributed by atoms with van der Waals surface area (Å²) in [4.78, 5) is 26.0. The number of benzene rings is 2. The summed E-state index contributed by atoms with van der Waals surface area (Å²) in [5.74, 6) is -0.0148. The standard InChI is InChI=1S/C21H25N3O2/c1-13-6-5-7-14(2)20(13)23-21(26)15(3)22-18-8-9-19-17(12-18)10-11-24(19)16(4)25/h5-9,12,15,22H,10-11H2,1-4H3,(H,23,26). The normalized spacial score (nSPS) is 13.9. The molecule has 3 rings (SSSR count). The number of hydrogen-bond donors (Lipinski definition) is 2. The van der Waals surface area contributed by atoms with Gasteiger partial charge in [-0.05, 0) is 62.1 Å². The van der Waals surface area contributed by atoms with Gasteiger partial charge in [-0.1, -0.05) is 18.2 Å². The van der Waals surface area contributed by atoms with Crippen LogP contribution < -0.4 is 15.5 Å². The van der Waals surface area contributed by atoms with E-state index in [0.29, 0.717) is 0 Å². The van der Waals surface area contributed by atoms with Crippen molar-refractivity contribution in [1.29, 1.82) is 0 Å². The van der Waals surface area contributed by atoms with E-state index in [4.69, 9.17) is 0 Å². The van der Waals surface area contributed by atoms with E-state index in [9.17, 15) is 9.59 Å². The first-order valence-electron chi connectivity index (χ1n) is 8.91. The van der Waals surface area contributed by atoms with Crippen molar-refractivity contribution in [1.82, 2.24) is 0 Å². The van der Waals surface area contributed by atoms with Gasteiger partial charge in [0.15, 0.2) is 0 Å². The fourth-order valence-electron chi connectivity index (χ4n) is 3.38. The molecular formula is C21H25N3O2. The molecule has 0 radical (unpaired) electrons. The Morgan fingerprint density at radius 3 is 2.46 bits per heavy atom. The van der Waals surface area contributed by atoms with Crippen molar-refractivity contribution in [2.45, 2.75) is 40.2 Å². The van der Waals surface area contributed by atoms with Crippen LogP contribution in [-0.4, -0.2) is 24.4 Å². The van der Waals surface area contributed by atoms with Crippen LogP contribution in [0.5, 0.6) is 0 Å². The highest BCUT2D eigenvalue weighted by Crippen LogP contribution is 2.30. The average Bonchev–Trinajstić information content (AvgIpc) is 3.01. The predicted molar refractivity (Wildman–Crippen MR) is 106 cm³/mol. The highest BCUT2D eigenvalue weighted by Gasteiger charge is 2.23. The lowest BCUT2D eigenvalue weighted by Gasteiger charge is -2.19. The van der Waals surface area contributed by atoms with Gasteiger partial charge < -0.3 is 15.5 Å². The SMILES string of the molecule is CC(=O)N1CCc2cc(NC(C)C(=O)Nc3c(C)cccc3C)ccc21. The van der Waals surface area contributed by atoms with Crippen LogP contribution in [0.1, 0.15) is 30.5 Å². The Labute approximate surface area is 154 Å². The fraction of sp³-hybridized carbons (Fsp3) is 0.333. The van der Waals surface area contributed by atoms with E-state index in [-0.39, 0.29) is 17.9 Å². The minimum absolute atomic E-state index is 0.0609. The zero-order chi connectivity index (χ0) is 18.8. The highest BCUT2D eigenvalue weighted by atomic mass is 16.2. The molecule has 2 N–H and O–H groups in total. The number of fused-ring (bicyclic) bond motifs is 1. The molecule has 2 aromatic rings. The summed E-state index contributed by atoms with van der Waals surface area (Å²) >= 11 is 0. The van der Waals surface area contributed by atoms with Crippen LogP contribution in [0, 0.1) is 13.8 Å². The summed E-state index contributed by atoms with van der Waals surface area (Å²) in [7, 11) is 0. The molecule has 0 saturated carbocycles. The zero-order valence-electron chi connectivity index (χ0n) is 15.7. The molecule has 0 aromatic heterocycles. The van der Waals surface area contributed by atoms with Crippen molar-refractivity contribution >= 4 is 28.9 Å². The molecule has 2 aromatic carbocycles. The van der Waals surface area contributed by atoms with Gasteiger partial charge in [0.05, 0.1) is 0 Å². The van der Waals surface area contributed by atoms with Gasteiger partial charge in [0.25, 0.3) is 0 Å². The number of nitrogens with one attached hydrogen (secondary N) is 2. The van der Waals surface area contributed by atoms with Crippen molar-refractivity contribution in [3.63, 3.8) is 0 Å². The molecule has 0 bridgehead atoms. The van der Waals surface area contributed by atoms with Gasteiger partial charge in [-0.25, -0.2) is 0 Å². The second kappa shape index (κ2) is 7.20. The third-order valence-corrected chi connectivity index (χ3v) is 4.86. The van der Waals surface area contributed by atoms with Gasteiger partial charge in [0, 0.05) is 30.5 Å². The van der Waals surface area contributed by atoms with Crippen LogP contribution in [0.3, 0.4) is 0 Å². The van der Waals surface area contributed by atoms with E-state index < -0.39 is 0 Å². The molecule has 0 aliphatic carbocycles. The molecular weight excluding hydrogens is 326 g/mol. The molecule has 1 unspecified atom stereocenters. The van der Waals surface area contributed by atoms with E-state index in [2.05, 4.69) is 10.6 Å². The first-order valence-corrected chi connectivity index (χ1v) is 8.91. The van der Waals surface area contributed by atoms with Gasteiger partial charge in [-0.2, -0.15) is 0 Å². The molecule has 136 valence electrons. The first-order chi connectivity index (χ1) is 12.4. The Bertz CT molecular complexity index is 840. The summed E-state index contributed by atoms with van der Waals surface area (Å²) in [6.45, 7) is 8.12. The van der Waals surface area contributed by atoms with E-state index >= 15 is 0 Å². The molecule has 1 aliphatic heterocycles. The van der Waals surface area contributed by atoms with Crippen LogP contribution in [0.15, 0.2) is 36.4 Å². The number of hydrogen-bond acceptors (Lipinski definition) is 3. The van der Waals surface area contributed by atoms with Crippen LogP contribution >= 0.6 is 0 Å². The molecule has 1 heterocycles. The smallest absolute Gasteiger partial charge is 0.246 e. The minimum atomic E-state index is -0.377. The molecule has 5 nitrogen and oxygen atoms in total. The number of anilines is 3. The average molecular weight is 351 g/mol. The van der Waals surface area contributed by atoms with Gasteiger partial charge in [-0.15, -0.1) is 0 Å². The maximum atomic E-state index is 12.6. The second-order valence-corrected chi connectivity index (χ2v) is 6.89. The van der Waals surface area contributed by atoms with Gasteiger partial charge in [-0.3, -0.25) is 9.59 Å². The Kier molecular flexibility index (Phi) is 4.98. The maximum absolute atomic E-state index is 12.6. The largest absolute Gasteiger partial charge is 0.374 e. The summed E-state index contributed by atoms with van der Waals surface area (Å²) < 4.78 is 0. The number of aryl methyl sites for hydroxylation is 2. The minimum Gasteiger partial charge on any atom is -0.374 e.